The second kappa shape index (κ2) is 6.66. The van der Waals surface area contributed by atoms with Crippen LogP contribution in [-0.4, -0.2) is 34.6 Å². The highest BCUT2D eigenvalue weighted by Gasteiger charge is 2.28. The highest BCUT2D eigenvalue weighted by atomic mass is 16.6. The van der Waals surface area contributed by atoms with Crippen molar-refractivity contribution in [1.29, 1.82) is 0 Å². The van der Waals surface area contributed by atoms with Crippen LogP contribution in [0.15, 0.2) is 23.3 Å². The van der Waals surface area contributed by atoms with Gasteiger partial charge in [0.05, 0.1) is 11.1 Å². The van der Waals surface area contributed by atoms with E-state index in [1.165, 1.54) is 0 Å². The lowest BCUT2D eigenvalue weighted by Crippen LogP contribution is -2.43. The van der Waals surface area contributed by atoms with E-state index in [0.29, 0.717) is 19.4 Å². The zero-order valence-electron chi connectivity index (χ0n) is 11.5. The van der Waals surface area contributed by atoms with Gasteiger partial charge in [0.2, 0.25) is 5.91 Å². The number of nitrogens with zero attached hydrogens (tertiary/aromatic N) is 2. The lowest BCUT2D eigenvalue weighted by Gasteiger charge is -2.19. The van der Waals surface area contributed by atoms with E-state index >= 15 is 0 Å². The summed E-state index contributed by atoms with van der Waals surface area (Å²) < 4.78 is 0. The summed E-state index contributed by atoms with van der Waals surface area (Å²) in [5.74, 6) is -1.92. The minimum Gasteiger partial charge on any atom is -0.507 e. The van der Waals surface area contributed by atoms with E-state index in [0.717, 1.165) is 24.4 Å². The summed E-state index contributed by atoms with van der Waals surface area (Å²) in [4.78, 5) is 33.4. The molecule has 0 aromatic heterocycles. The molecule has 9 heteroatoms. The number of benzene rings is 1. The molecule has 1 unspecified atom stereocenters. The van der Waals surface area contributed by atoms with Crippen molar-refractivity contribution in [2.45, 2.75) is 12.8 Å². The summed E-state index contributed by atoms with van der Waals surface area (Å²) in [7, 11) is 0. The summed E-state index contributed by atoms with van der Waals surface area (Å²) in [6.45, 7) is 0.549. The molecule has 1 aromatic carbocycles. The summed E-state index contributed by atoms with van der Waals surface area (Å²) >= 11 is 0. The van der Waals surface area contributed by atoms with Crippen molar-refractivity contribution >= 4 is 23.7 Å². The van der Waals surface area contributed by atoms with Crippen LogP contribution in [0.2, 0.25) is 0 Å². The molecule has 1 heterocycles. The van der Waals surface area contributed by atoms with Crippen LogP contribution < -0.4 is 10.7 Å². The Labute approximate surface area is 125 Å². The summed E-state index contributed by atoms with van der Waals surface area (Å²) in [6, 6.07) is 3.44. The molecule has 1 aliphatic heterocycles. The molecule has 0 saturated carbocycles. The van der Waals surface area contributed by atoms with Crippen LogP contribution >= 0.6 is 0 Å². The van der Waals surface area contributed by atoms with Gasteiger partial charge in [-0.05, 0) is 18.9 Å². The van der Waals surface area contributed by atoms with Gasteiger partial charge in [-0.25, -0.2) is 5.43 Å². The normalized spacial score (nSPS) is 18.0. The van der Waals surface area contributed by atoms with E-state index in [9.17, 15) is 24.8 Å². The highest BCUT2D eigenvalue weighted by Crippen LogP contribution is 2.21. The number of piperidine rings is 1. The van der Waals surface area contributed by atoms with Gasteiger partial charge in [0.1, 0.15) is 11.7 Å². The molecule has 116 valence electrons. The molecular weight excluding hydrogens is 292 g/mol. The first-order chi connectivity index (χ1) is 10.5. The van der Waals surface area contributed by atoms with Crippen LogP contribution in [0.5, 0.6) is 5.75 Å². The van der Waals surface area contributed by atoms with E-state index in [2.05, 4.69) is 15.8 Å². The number of non-ortho nitro benzene ring substituents is 1. The number of nitro groups is 1. The minimum atomic E-state index is -0.801. The number of aromatic hydroxyl groups is 1. The van der Waals surface area contributed by atoms with Crippen molar-refractivity contribution < 1.29 is 19.6 Å². The number of hydrazone groups is 1. The van der Waals surface area contributed by atoms with Gasteiger partial charge in [0.25, 0.3) is 11.6 Å². The number of hydrogen-bond acceptors (Lipinski definition) is 6. The molecule has 2 amide bonds. The van der Waals surface area contributed by atoms with Crippen molar-refractivity contribution in [3.05, 3.63) is 33.9 Å². The summed E-state index contributed by atoms with van der Waals surface area (Å²) in [5, 5.41) is 26.4. The first-order valence-corrected chi connectivity index (χ1v) is 6.57. The topological polar surface area (TPSA) is 134 Å². The van der Waals surface area contributed by atoms with Gasteiger partial charge in [-0.3, -0.25) is 19.7 Å². The second-order valence-electron chi connectivity index (χ2n) is 4.72. The average molecular weight is 306 g/mol. The Balaban J connectivity index is 2.03. The van der Waals surface area contributed by atoms with Gasteiger partial charge >= 0.3 is 0 Å². The van der Waals surface area contributed by atoms with Gasteiger partial charge in [0, 0.05) is 24.2 Å². The van der Waals surface area contributed by atoms with Crippen LogP contribution in [0.1, 0.15) is 18.4 Å². The number of amides is 2. The predicted molar refractivity (Wildman–Crippen MR) is 76.2 cm³/mol. The Hall–Kier alpha value is -2.97. The third-order valence-corrected chi connectivity index (χ3v) is 3.20. The zero-order chi connectivity index (χ0) is 16.1. The smallest absolute Gasteiger partial charge is 0.270 e. The van der Waals surface area contributed by atoms with Crippen LogP contribution in [0, 0.1) is 16.0 Å². The zero-order valence-corrected chi connectivity index (χ0v) is 11.5. The lowest BCUT2D eigenvalue weighted by molar-refractivity contribution is -0.384. The summed E-state index contributed by atoms with van der Waals surface area (Å²) in [6.07, 6.45) is 2.23. The van der Waals surface area contributed by atoms with Gasteiger partial charge in [0.15, 0.2) is 0 Å². The largest absolute Gasteiger partial charge is 0.507 e. The Morgan fingerprint density at radius 2 is 2.32 bits per heavy atom. The maximum absolute atomic E-state index is 11.8. The average Bonchev–Trinajstić information content (AvgIpc) is 2.49. The van der Waals surface area contributed by atoms with Gasteiger partial charge in [-0.15, -0.1) is 0 Å². The van der Waals surface area contributed by atoms with Crippen LogP contribution in [0.4, 0.5) is 5.69 Å². The molecule has 1 aromatic rings. The SMILES string of the molecule is O=C1NCCCC1C(=O)NN=Cc1cc([N+](=O)[O-])ccc1O. The minimum absolute atomic E-state index is 0.0857. The number of phenolic OH excluding ortho intramolecular Hbond substituents is 1. The molecule has 2 rings (SSSR count). The fourth-order valence-electron chi connectivity index (χ4n) is 2.02. The second-order valence-corrected chi connectivity index (χ2v) is 4.72. The van der Waals surface area contributed by atoms with Gasteiger partial charge in [-0.2, -0.15) is 5.10 Å². The highest BCUT2D eigenvalue weighted by molar-refractivity contribution is 6.01. The fourth-order valence-corrected chi connectivity index (χ4v) is 2.02. The molecule has 0 bridgehead atoms. The molecule has 1 atom stereocenters. The Morgan fingerprint density at radius 3 is 3.00 bits per heavy atom. The van der Waals surface area contributed by atoms with Crippen LogP contribution in [-0.2, 0) is 9.59 Å². The Kier molecular flexibility index (Phi) is 4.66. The monoisotopic (exact) mass is 306 g/mol. The van der Waals surface area contributed by atoms with E-state index in [-0.39, 0.29) is 22.9 Å². The Bertz CT molecular complexity index is 643. The van der Waals surface area contributed by atoms with Crippen molar-refractivity contribution in [1.82, 2.24) is 10.7 Å². The molecule has 1 aliphatic rings. The molecule has 22 heavy (non-hydrogen) atoms. The molecule has 0 spiro atoms. The third-order valence-electron chi connectivity index (χ3n) is 3.20. The lowest BCUT2D eigenvalue weighted by atomic mass is 9.98. The van der Waals surface area contributed by atoms with E-state index in [1.54, 1.807) is 0 Å². The molecular formula is C13H14N4O5. The van der Waals surface area contributed by atoms with Gasteiger partial charge < -0.3 is 10.4 Å². The third kappa shape index (κ3) is 3.57. The molecule has 9 nitrogen and oxygen atoms in total. The van der Waals surface area contributed by atoms with E-state index in [1.807, 2.05) is 0 Å². The number of nitro benzene ring substituents is 1. The number of nitrogens with one attached hydrogen (secondary N) is 2. The first kappa shape index (κ1) is 15.4. The van der Waals surface area contributed by atoms with Crippen LogP contribution in [0.3, 0.4) is 0 Å². The van der Waals surface area contributed by atoms with Crippen molar-refractivity contribution in [2.75, 3.05) is 6.54 Å². The number of carbonyl (C=O) groups is 2. The molecule has 0 aliphatic carbocycles. The number of hydrogen-bond donors (Lipinski definition) is 3. The molecule has 3 N–H and O–H groups in total. The first-order valence-electron chi connectivity index (χ1n) is 6.57. The van der Waals surface area contributed by atoms with Crippen molar-refractivity contribution in [3.8, 4) is 5.75 Å². The molecule has 1 saturated heterocycles. The quantitative estimate of drug-likeness (QED) is 0.318. The van der Waals surface area contributed by atoms with Crippen LogP contribution in [0.25, 0.3) is 0 Å². The fraction of sp³-hybridized carbons (Fsp3) is 0.308. The molecule has 1 fully saturated rings. The van der Waals surface area contributed by atoms with Crippen molar-refractivity contribution in [2.24, 2.45) is 11.0 Å². The maximum atomic E-state index is 11.8. The predicted octanol–water partition coefficient (Wildman–Crippen LogP) is 0.277. The number of phenols is 1. The number of rotatable bonds is 4. The standard InChI is InChI=1S/C13H14N4O5/c18-11-4-3-9(17(21)22)6-8(11)7-15-16-13(20)10-2-1-5-14-12(10)19/h3-4,6-7,10,18H,1-2,5H2,(H,14,19)(H,16,20). The van der Waals surface area contributed by atoms with Crippen molar-refractivity contribution in [3.63, 3.8) is 0 Å². The summed E-state index contributed by atoms with van der Waals surface area (Å²) in [5.41, 5.74) is 2.07. The Morgan fingerprint density at radius 1 is 1.55 bits per heavy atom. The maximum Gasteiger partial charge on any atom is 0.270 e. The molecule has 0 radical (unpaired) electrons. The number of carbonyl (C=O) groups excluding carboxylic acids is 2. The van der Waals surface area contributed by atoms with E-state index in [4.69, 9.17) is 0 Å². The van der Waals surface area contributed by atoms with Gasteiger partial charge in [-0.1, -0.05) is 0 Å². The van der Waals surface area contributed by atoms with E-state index < -0.39 is 16.7 Å².